The number of carbonyl (C=O) groups excluding carboxylic acids is 1. The summed E-state index contributed by atoms with van der Waals surface area (Å²) in [6.45, 7) is 0.386. The molecule has 3 aromatic carbocycles. The second-order valence-corrected chi connectivity index (χ2v) is 7.85. The zero-order chi connectivity index (χ0) is 23.5. The Balaban J connectivity index is 1.80. The number of hydrogen-bond donors (Lipinski definition) is 3. The molecule has 0 spiro atoms. The molecule has 0 aliphatic heterocycles. The summed E-state index contributed by atoms with van der Waals surface area (Å²) >= 11 is 0. The van der Waals surface area contributed by atoms with Crippen molar-refractivity contribution < 1.29 is 19.1 Å². The van der Waals surface area contributed by atoms with E-state index in [0.717, 1.165) is 11.1 Å². The van der Waals surface area contributed by atoms with Crippen LogP contribution in [0.4, 0.5) is 11.7 Å². The van der Waals surface area contributed by atoms with Crippen molar-refractivity contribution in [1.82, 2.24) is 4.98 Å². The first kappa shape index (κ1) is 22.0. The van der Waals surface area contributed by atoms with Crippen molar-refractivity contribution in [2.24, 2.45) is 5.73 Å². The van der Waals surface area contributed by atoms with E-state index < -0.39 is 5.97 Å². The van der Waals surface area contributed by atoms with E-state index in [1.165, 1.54) is 0 Å². The van der Waals surface area contributed by atoms with Gasteiger partial charge in [0.2, 0.25) is 0 Å². The number of nitrogens with two attached hydrogens (primary N) is 1. The summed E-state index contributed by atoms with van der Waals surface area (Å²) in [5.41, 5.74) is 10.8. The lowest BCUT2D eigenvalue weighted by Crippen LogP contribution is -2.14. The van der Waals surface area contributed by atoms with Crippen LogP contribution in [0.15, 0.2) is 65.1 Å². The Bertz CT molecular complexity index is 1340. The third-order valence-electron chi connectivity index (χ3n) is 5.20. The van der Waals surface area contributed by atoms with Gasteiger partial charge in [-0.15, -0.1) is 0 Å². The van der Waals surface area contributed by atoms with Gasteiger partial charge in [-0.2, -0.15) is 4.98 Å². The number of carboxylic acids is 1. The fourth-order valence-corrected chi connectivity index (χ4v) is 3.58. The number of aliphatic carboxylic acids is 1. The van der Waals surface area contributed by atoms with Gasteiger partial charge in [-0.25, -0.2) is 0 Å². The lowest BCUT2D eigenvalue weighted by Gasteiger charge is -2.11. The highest BCUT2D eigenvalue weighted by Crippen LogP contribution is 2.33. The van der Waals surface area contributed by atoms with E-state index in [-0.39, 0.29) is 12.3 Å². The van der Waals surface area contributed by atoms with Crippen LogP contribution in [0.25, 0.3) is 22.2 Å². The van der Waals surface area contributed by atoms with E-state index in [4.69, 9.17) is 15.3 Å². The molecule has 0 atom stereocenters. The molecule has 4 aromatic rings. The minimum atomic E-state index is -0.973. The van der Waals surface area contributed by atoms with Crippen LogP contribution in [0, 0.1) is 0 Å². The third-order valence-corrected chi connectivity index (χ3v) is 5.20. The first-order valence-corrected chi connectivity index (χ1v) is 10.4. The van der Waals surface area contributed by atoms with E-state index >= 15 is 0 Å². The molecule has 0 saturated carbocycles. The quantitative estimate of drug-likeness (QED) is 0.395. The van der Waals surface area contributed by atoms with E-state index in [2.05, 4.69) is 10.3 Å². The average Bonchev–Trinajstić information content (AvgIpc) is 3.24. The van der Waals surface area contributed by atoms with E-state index in [9.17, 15) is 9.59 Å². The van der Waals surface area contributed by atoms with Crippen LogP contribution in [-0.4, -0.2) is 36.1 Å². The lowest BCUT2D eigenvalue weighted by atomic mass is 9.99. The number of carbonyl (C=O) groups is 2. The molecule has 0 aliphatic rings. The minimum absolute atomic E-state index is 0.192. The maximum atomic E-state index is 13.2. The Kier molecular flexibility index (Phi) is 6.10. The molecule has 0 fully saturated rings. The fraction of sp³-hybridized carbons (Fsp3) is 0.160. The van der Waals surface area contributed by atoms with Gasteiger partial charge in [-0.3, -0.25) is 9.59 Å². The van der Waals surface area contributed by atoms with Crippen LogP contribution in [0.5, 0.6) is 0 Å². The maximum Gasteiger partial charge on any atom is 0.307 e. The van der Waals surface area contributed by atoms with Crippen molar-refractivity contribution in [1.29, 1.82) is 0 Å². The highest BCUT2D eigenvalue weighted by atomic mass is 16.4. The summed E-state index contributed by atoms with van der Waals surface area (Å²) in [7, 11) is 3.65. The predicted octanol–water partition coefficient (Wildman–Crippen LogP) is 3.90. The van der Waals surface area contributed by atoms with Gasteiger partial charge in [0.05, 0.1) is 6.42 Å². The SMILES string of the molecule is CN(C)c1nc2cc(C(=O)Nc3ccccc3CC(=O)O)cc(-c3cccc(CN)c3)c2o1. The molecule has 0 saturated heterocycles. The molecule has 4 rings (SSSR count). The fourth-order valence-electron chi connectivity index (χ4n) is 3.58. The number of aromatic nitrogens is 1. The molecular weight excluding hydrogens is 420 g/mol. The van der Waals surface area contributed by atoms with Crippen molar-refractivity contribution in [2.45, 2.75) is 13.0 Å². The summed E-state index contributed by atoms with van der Waals surface area (Å²) in [4.78, 5) is 30.7. The number of anilines is 2. The molecule has 1 aromatic heterocycles. The Morgan fingerprint density at radius 2 is 1.88 bits per heavy atom. The highest BCUT2D eigenvalue weighted by molar-refractivity contribution is 6.08. The number of nitrogens with zero attached hydrogens (tertiary/aromatic N) is 2. The zero-order valence-electron chi connectivity index (χ0n) is 18.3. The van der Waals surface area contributed by atoms with Crippen molar-refractivity contribution >= 4 is 34.7 Å². The van der Waals surface area contributed by atoms with Gasteiger partial charge in [-0.05, 0) is 41.0 Å². The second-order valence-electron chi connectivity index (χ2n) is 7.85. The molecule has 0 bridgehead atoms. The molecule has 1 amide bonds. The van der Waals surface area contributed by atoms with Gasteiger partial charge in [-0.1, -0.05) is 36.4 Å². The van der Waals surface area contributed by atoms with Crippen molar-refractivity contribution in [3.8, 4) is 11.1 Å². The number of para-hydroxylation sites is 1. The molecular formula is C25H24N4O4. The molecule has 8 heteroatoms. The molecule has 0 radical (unpaired) electrons. The minimum Gasteiger partial charge on any atom is -0.481 e. The monoisotopic (exact) mass is 444 g/mol. The Morgan fingerprint density at radius 3 is 2.61 bits per heavy atom. The largest absolute Gasteiger partial charge is 0.481 e. The van der Waals surface area contributed by atoms with Gasteiger partial charge >= 0.3 is 5.97 Å². The maximum absolute atomic E-state index is 13.2. The number of carboxylic acid groups (broad SMARTS) is 1. The first-order valence-electron chi connectivity index (χ1n) is 10.4. The Hall–Kier alpha value is -4.17. The second kappa shape index (κ2) is 9.13. The summed E-state index contributed by atoms with van der Waals surface area (Å²) < 4.78 is 5.99. The van der Waals surface area contributed by atoms with Crippen molar-refractivity contribution in [3.05, 3.63) is 77.4 Å². The number of nitrogens with one attached hydrogen (secondary N) is 1. The molecule has 168 valence electrons. The van der Waals surface area contributed by atoms with Crippen molar-refractivity contribution in [3.63, 3.8) is 0 Å². The van der Waals surface area contributed by atoms with Gasteiger partial charge < -0.3 is 25.5 Å². The normalized spacial score (nSPS) is 10.9. The number of fused-ring (bicyclic) bond motifs is 1. The Morgan fingerprint density at radius 1 is 1.09 bits per heavy atom. The zero-order valence-corrected chi connectivity index (χ0v) is 18.3. The van der Waals surface area contributed by atoms with Crippen LogP contribution >= 0.6 is 0 Å². The number of amides is 1. The molecule has 0 unspecified atom stereocenters. The molecule has 0 aliphatic carbocycles. The summed E-state index contributed by atoms with van der Waals surface area (Å²) in [6.07, 6.45) is -0.192. The van der Waals surface area contributed by atoms with E-state index in [0.29, 0.717) is 46.0 Å². The van der Waals surface area contributed by atoms with Crippen LogP contribution in [0.2, 0.25) is 0 Å². The van der Waals surface area contributed by atoms with Crippen LogP contribution in [0.1, 0.15) is 21.5 Å². The third kappa shape index (κ3) is 4.70. The van der Waals surface area contributed by atoms with Gasteiger partial charge in [0.25, 0.3) is 11.9 Å². The number of rotatable bonds is 7. The van der Waals surface area contributed by atoms with E-state index in [1.807, 2.05) is 38.4 Å². The van der Waals surface area contributed by atoms with Crippen LogP contribution in [-0.2, 0) is 17.8 Å². The number of oxazole rings is 1. The topological polar surface area (TPSA) is 122 Å². The molecule has 8 nitrogen and oxygen atoms in total. The van der Waals surface area contributed by atoms with Gasteiger partial charge in [0.15, 0.2) is 5.58 Å². The Labute approximate surface area is 190 Å². The number of benzene rings is 3. The summed E-state index contributed by atoms with van der Waals surface area (Å²) in [5.74, 6) is -1.35. The van der Waals surface area contributed by atoms with Crippen molar-refractivity contribution in [2.75, 3.05) is 24.3 Å². The van der Waals surface area contributed by atoms with E-state index in [1.54, 1.807) is 41.3 Å². The molecule has 4 N–H and O–H groups in total. The smallest absolute Gasteiger partial charge is 0.307 e. The molecule has 33 heavy (non-hydrogen) atoms. The highest BCUT2D eigenvalue weighted by Gasteiger charge is 2.19. The lowest BCUT2D eigenvalue weighted by molar-refractivity contribution is -0.136. The summed E-state index contributed by atoms with van der Waals surface area (Å²) in [6, 6.07) is 18.4. The summed E-state index contributed by atoms with van der Waals surface area (Å²) in [5, 5.41) is 12.0. The van der Waals surface area contributed by atoms with Crippen LogP contribution < -0.4 is 16.0 Å². The first-order chi connectivity index (χ1) is 15.9. The van der Waals surface area contributed by atoms with Gasteiger partial charge in [0, 0.05) is 37.5 Å². The molecule has 1 heterocycles. The number of hydrogen-bond acceptors (Lipinski definition) is 6. The standard InChI is InChI=1S/C25H24N4O4/c1-29(2)25-28-21-12-18(24(32)27-20-9-4-3-7-17(20)13-22(30)31)11-19(23(21)33-25)16-8-5-6-15(10-16)14-26/h3-12H,13-14,26H2,1-2H3,(H,27,32)(H,30,31). The average molecular weight is 444 g/mol. The predicted molar refractivity (Wildman–Crippen MR) is 127 cm³/mol. The van der Waals surface area contributed by atoms with Gasteiger partial charge in [0.1, 0.15) is 5.52 Å². The van der Waals surface area contributed by atoms with Crippen LogP contribution in [0.3, 0.4) is 0 Å².